The molecule has 0 fully saturated rings. The van der Waals surface area contributed by atoms with Gasteiger partial charge in [0.05, 0.1) is 33.1 Å². The Bertz CT molecular complexity index is 3410. The minimum absolute atomic E-state index is 0.486. The van der Waals surface area contributed by atoms with Gasteiger partial charge in [-0.25, -0.2) is 9.98 Å². The lowest BCUT2D eigenvalue weighted by atomic mass is 10.1. The van der Waals surface area contributed by atoms with E-state index in [4.69, 9.17) is 9.98 Å². The van der Waals surface area contributed by atoms with Crippen LogP contribution in [-0.4, -0.2) is 25.4 Å². The summed E-state index contributed by atoms with van der Waals surface area (Å²) in [5.41, 5.74) is 11.1. The second-order valence-electron chi connectivity index (χ2n) is 14.6. The van der Waals surface area contributed by atoms with Gasteiger partial charge in [-0.2, -0.15) is 0 Å². The third kappa shape index (κ3) is 4.71. The van der Waals surface area contributed by atoms with Gasteiger partial charge in [-0.15, -0.1) is 0 Å². The molecule has 268 valence electrons. The first-order valence-electron chi connectivity index (χ1n) is 19.4. The highest BCUT2D eigenvalue weighted by Gasteiger charge is 2.28. The minimum atomic E-state index is -0.486. The van der Waals surface area contributed by atoms with E-state index in [0.717, 1.165) is 44.9 Å². The van der Waals surface area contributed by atoms with E-state index in [1.807, 2.05) is 24.3 Å². The molecule has 11 aromatic rings. The summed E-state index contributed by atoms with van der Waals surface area (Å²) in [7, 11) is 0. The molecule has 0 aliphatic carbocycles. The minimum Gasteiger partial charge on any atom is -0.331 e. The number of hydrogen-bond acceptors (Lipinski definition) is 3. The highest BCUT2D eigenvalue weighted by molar-refractivity contribution is 6.32. The molecule has 4 heterocycles. The van der Waals surface area contributed by atoms with Crippen LogP contribution in [0.1, 0.15) is 17.4 Å². The summed E-state index contributed by atoms with van der Waals surface area (Å²) in [6, 6.07) is 68.9. The third-order valence-electron chi connectivity index (χ3n) is 11.5. The average molecular weight is 731 g/mol. The normalized spacial score (nSPS) is 14.5. The number of nitrogens with one attached hydrogen (secondary N) is 1. The van der Waals surface area contributed by atoms with E-state index in [1.165, 1.54) is 48.9 Å². The van der Waals surface area contributed by atoms with E-state index in [9.17, 15) is 0 Å². The first kappa shape index (κ1) is 31.6. The molecule has 57 heavy (non-hydrogen) atoms. The van der Waals surface area contributed by atoms with Crippen molar-refractivity contribution in [3.05, 3.63) is 205 Å². The Hall–Kier alpha value is -7.70. The Kier molecular flexibility index (Phi) is 6.89. The number of nitrogens with zero attached hydrogens (tertiary/aromatic N) is 5. The fraction of sp³-hybridized carbons (Fsp3) is 0.0196. The molecule has 12 rings (SSSR count). The predicted octanol–water partition coefficient (Wildman–Crippen LogP) is 11.9. The van der Waals surface area contributed by atoms with Crippen LogP contribution in [0.4, 0.5) is 0 Å². The number of benzene rings is 8. The molecule has 0 spiro atoms. The van der Waals surface area contributed by atoms with Crippen LogP contribution in [0.15, 0.2) is 204 Å². The zero-order valence-corrected chi connectivity index (χ0v) is 30.8. The number of amidine groups is 2. The van der Waals surface area contributed by atoms with E-state index in [2.05, 4.69) is 189 Å². The lowest BCUT2D eigenvalue weighted by molar-refractivity contribution is 0.516. The van der Waals surface area contributed by atoms with E-state index in [1.54, 1.807) is 0 Å². The van der Waals surface area contributed by atoms with E-state index in [0.29, 0.717) is 5.84 Å². The average Bonchev–Trinajstić information content (AvgIpc) is 3.93. The lowest BCUT2D eigenvalue weighted by Crippen LogP contribution is -2.36. The van der Waals surface area contributed by atoms with Crippen LogP contribution in [-0.2, 0) is 0 Å². The SMILES string of the molecule is c1ccc(C2=NC(n3c4ccccc4c4ccc5c(c6ccc7c(c8ccccc8n7-c7ccccc7)c6n5-c5ccccc5)c43)NC(c3ccccc3)=N2)cc1. The molecule has 8 aromatic carbocycles. The van der Waals surface area contributed by atoms with E-state index < -0.39 is 6.29 Å². The molecule has 1 atom stereocenters. The van der Waals surface area contributed by atoms with E-state index >= 15 is 0 Å². The first-order valence-corrected chi connectivity index (χ1v) is 19.4. The highest BCUT2D eigenvalue weighted by Crippen LogP contribution is 2.46. The van der Waals surface area contributed by atoms with Gasteiger partial charge in [0.2, 0.25) is 6.29 Å². The summed E-state index contributed by atoms with van der Waals surface area (Å²) >= 11 is 0. The highest BCUT2D eigenvalue weighted by atomic mass is 15.3. The third-order valence-corrected chi connectivity index (χ3v) is 11.5. The topological polar surface area (TPSA) is 51.5 Å². The van der Waals surface area contributed by atoms with Gasteiger partial charge in [0.1, 0.15) is 5.84 Å². The molecular weight excluding hydrogens is 697 g/mol. The summed E-state index contributed by atoms with van der Waals surface area (Å²) in [4.78, 5) is 10.5. The van der Waals surface area contributed by atoms with Crippen LogP contribution < -0.4 is 5.32 Å². The zero-order valence-electron chi connectivity index (χ0n) is 30.8. The number of rotatable bonds is 5. The summed E-state index contributed by atoms with van der Waals surface area (Å²) in [5.74, 6) is 1.48. The van der Waals surface area contributed by atoms with Crippen molar-refractivity contribution in [2.75, 3.05) is 0 Å². The van der Waals surface area contributed by atoms with Crippen LogP contribution in [0.3, 0.4) is 0 Å². The zero-order chi connectivity index (χ0) is 37.5. The van der Waals surface area contributed by atoms with Crippen LogP contribution in [0.25, 0.3) is 76.8 Å². The fourth-order valence-electron chi connectivity index (χ4n) is 9.11. The smallest absolute Gasteiger partial charge is 0.204 e. The molecule has 1 unspecified atom stereocenters. The Balaban J connectivity index is 1.24. The van der Waals surface area contributed by atoms with Crippen LogP contribution in [0, 0.1) is 0 Å². The van der Waals surface area contributed by atoms with Crippen molar-refractivity contribution in [3.63, 3.8) is 0 Å². The molecule has 0 bridgehead atoms. The van der Waals surface area contributed by atoms with Crippen molar-refractivity contribution in [1.82, 2.24) is 19.0 Å². The molecule has 1 aliphatic rings. The molecule has 1 aliphatic heterocycles. The lowest BCUT2D eigenvalue weighted by Gasteiger charge is -2.26. The number of hydrogen-bond donors (Lipinski definition) is 1. The van der Waals surface area contributed by atoms with Crippen molar-refractivity contribution in [2.45, 2.75) is 6.29 Å². The largest absolute Gasteiger partial charge is 0.331 e. The monoisotopic (exact) mass is 730 g/mol. The summed E-state index contributed by atoms with van der Waals surface area (Å²) in [5, 5.41) is 11.0. The van der Waals surface area contributed by atoms with Gasteiger partial charge >= 0.3 is 0 Å². The van der Waals surface area contributed by atoms with Crippen molar-refractivity contribution in [3.8, 4) is 11.4 Å². The summed E-state index contributed by atoms with van der Waals surface area (Å²) in [6.45, 7) is 0. The number of fused-ring (bicyclic) bond motifs is 11. The molecule has 6 heteroatoms. The molecule has 0 radical (unpaired) electrons. The molecule has 0 saturated carbocycles. The Morgan fingerprint density at radius 3 is 1.61 bits per heavy atom. The Morgan fingerprint density at radius 2 is 0.912 bits per heavy atom. The standard InChI is InChI=1S/C51H34N6/c1-5-17-33(18-6-1)49-52-50(34-19-7-2-8-20-34)54-51(53-49)57-41-27-15-13-25-37(41)38-29-31-44-46(47(38)57)40-30-32-43-45(48(40)56(44)36-23-11-4-12-24-36)39-26-14-16-28-42(39)55(43)35-21-9-3-10-22-35/h1-32,51H,(H,52,53,54). The molecule has 6 nitrogen and oxygen atoms in total. The predicted molar refractivity (Wildman–Crippen MR) is 236 cm³/mol. The van der Waals surface area contributed by atoms with Crippen molar-refractivity contribution in [2.24, 2.45) is 9.98 Å². The molecule has 0 amide bonds. The molecular formula is C51H34N6. The number of aliphatic imine (C=N–C) groups is 2. The quantitative estimate of drug-likeness (QED) is 0.188. The van der Waals surface area contributed by atoms with Gasteiger partial charge in [-0.1, -0.05) is 140 Å². The second kappa shape index (κ2) is 12.4. The molecule has 3 aromatic heterocycles. The number of para-hydroxylation sites is 4. The van der Waals surface area contributed by atoms with Gasteiger partial charge in [-0.3, -0.25) is 4.57 Å². The Morgan fingerprint density at radius 1 is 0.386 bits per heavy atom. The van der Waals surface area contributed by atoms with Crippen LogP contribution in [0.2, 0.25) is 0 Å². The van der Waals surface area contributed by atoms with Crippen molar-refractivity contribution < 1.29 is 0 Å². The second-order valence-corrected chi connectivity index (χ2v) is 14.6. The van der Waals surface area contributed by atoms with Gasteiger partial charge in [0.15, 0.2) is 5.84 Å². The number of aromatic nitrogens is 3. The van der Waals surface area contributed by atoms with E-state index in [-0.39, 0.29) is 0 Å². The van der Waals surface area contributed by atoms with Gasteiger partial charge in [-0.05, 0) is 54.6 Å². The Labute approximate surface area is 327 Å². The maximum atomic E-state index is 5.42. The fourth-order valence-corrected chi connectivity index (χ4v) is 9.11. The van der Waals surface area contributed by atoms with Crippen molar-refractivity contribution >= 4 is 77.1 Å². The maximum Gasteiger partial charge on any atom is 0.204 e. The summed E-state index contributed by atoms with van der Waals surface area (Å²) in [6.07, 6.45) is -0.486. The maximum absolute atomic E-state index is 5.42. The molecule has 1 N–H and O–H groups in total. The van der Waals surface area contributed by atoms with Crippen molar-refractivity contribution in [1.29, 1.82) is 0 Å². The molecule has 0 saturated heterocycles. The summed E-state index contributed by atoms with van der Waals surface area (Å²) < 4.78 is 7.28. The van der Waals surface area contributed by atoms with Gasteiger partial charge in [0.25, 0.3) is 0 Å². The van der Waals surface area contributed by atoms with Crippen LogP contribution in [0.5, 0.6) is 0 Å². The first-order chi connectivity index (χ1) is 28.3. The van der Waals surface area contributed by atoms with Crippen LogP contribution >= 0.6 is 0 Å². The van der Waals surface area contributed by atoms with Gasteiger partial charge < -0.3 is 14.5 Å². The van der Waals surface area contributed by atoms with Gasteiger partial charge in [0, 0.05) is 54.8 Å².